The zero-order valence-corrected chi connectivity index (χ0v) is 11.3. The molecule has 1 rings (SSSR count). The summed E-state index contributed by atoms with van der Waals surface area (Å²) >= 11 is 0. The molecule has 0 fully saturated rings. The third-order valence-electron chi connectivity index (χ3n) is 2.44. The van der Waals surface area contributed by atoms with Crippen LogP contribution in [0.25, 0.3) is 0 Å². The molecule has 0 saturated heterocycles. The Morgan fingerprint density at radius 2 is 2.26 bits per heavy atom. The van der Waals surface area contributed by atoms with Crippen LogP contribution < -0.4 is 11.1 Å². The van der Waals surface area contributed by atoms with E-state index >= 15 is 0 Å². The highest BCUT2D eigenvalue weighted by atomic mass is 19.1. The predicted molar refractivity (Wildman–Crippen MR) is 71.3 cm³/mol. The number of halogens is 1. The van der Waals surface area contributed by atoms with E-state index in [-0.39, 0.29) is 17.5 Å². The van der Waals surface area contributed by atoms with Crippen molar-refractivity contribution in [2.75, 3.05) is 18.9 Å². The van der Waals surface area contributed by atoms with E-state index in [1.54, 1.807) is 0 Å². The van der Waals surface area contributed by atoms with E-state index in [4.69, 9.17) is 10.5 Å². The molecule has 106 valence electrons. The zero-order chi connectivity index (χ0) is 14.3. The van der Waals surface area contributed by atoms with Crippen LogP contribution in [-0.4, -0.2) is 30.1 Å². The second-order valence-electron chi connectivity index (χ2n) is 4.47. The number of nitrogen functional groups attached to an aromatic ring is 1. The Kier molecular flexibility index (Phi) is 6.21. The highest BCUT2D eigenvalue weighted by Crippen LogP contribution is 2.09. The van der Waals surface area contributed by atoms with E-state index in [1.807, 2.05) is 13.8 Å². The molecule has 0 aliphatic heterocycles. The summed E-state index contributed by atoms with van der Waals surface area (Å²) in [7, 11) is 0. The molecule has 0 aliphatic rings. The van der Waals surface area contributed by atoms with Gasteiger partial charge in [-0.3, -0.25) is 4.79 Å². The molecule has 0 unspecified atom stereocenters. The standard InChI is InChI=1S/C13H20FN3O2/c1-9(2)19-6-4-3-5-16-13(18)11-7-10(14)8-17-12(11)15/h7-9H,3-6H2,1-2H3,(H2,15,17)(H,16,18). The number of nitrogens with one attached hydrogen (secondary N) is 1. The summed E-state index contributed by atoms with van der Waals surface area (Å²) in [5.74, 6) is -0.957. The summed E-state index contributed by atoms with van der Waals surface area (Å²) in [6, 6.07) is 1.08. The van der Waals surface area contributed by atoms with Crippen molar-refractivity contribution in [1.82, 2.24) is 10.3 Å². The average molecular weight is 269 g/mol. The highest BCUT2D eigenvalue weighted by Gasteiger charge is 2.11. The molecular formula is C13H20FN3O2. The number of hydrogen-bond donors (Lipinski definition) is 2. The Morgan fingerprint density at radius 3 is 2.95 bits per heavy atom. The molecule has 0 radical (unpaired) electrons. The van der Waals surface area contributed by atoms with Crippen LogP contribution in [0.5, 0.6) is 0 Å². The van der Waals surface area contributed by atoms with E-state index in [2.05, 4.69) is 10.3 Å². The number of nitrogens with two attached hydrogens (primary N) is 1. The molecule has 1 aromatic rings. The van der Waals surface area contributed by atoms with Crippen LogP contribution in [0.1, 0.15) is 37.0 Å². The van der Waals surface area contributed by atoms with Crippen LogP contribution in [0.4, 0.5) is 10.2 Å². The van der Waals surface area contributed by atoms with Crippen LogP contribution >= 0.6 is 0 Å². The number of hydrogen-bond acceptors (Lipinski definition) is 4. The predicted octanol–water partition coefficient (Wildman–Crippen LogP) is 1.74. The summed E-state index contributed by atoms with van der Waals surface area (Å²) in [4.78, 5) is 15.3. The second kappa shape index (κ2) is 7.68. The minimum atomic E-state index is -0.579. The van der Waals surface area contributed by atoms with Gasteiger partial charge in [0, 0.05) is 13.2 Å². The number of carbonyl (C=O) groups excluding carboxylic acids is 1. The number of carbonyl (C=O) groups is 1. The van der Waals surface area contributed by atoms with Crippen molar-refractivity contribution in [2.45, 2.75) is 32.8 Å². The lowest BCUT2D eigenvalue weighted by Crippen LogP contribution is -2.26. The van der Waals surface area contributed by atoms with Crippen molar-refractivity contribution in [1.29, 1.82) is 0 Å². The van der Waals surface area contributed by atoms with Gasteiger partial charge in [0.05, 0.1) is 17.9 Å². The molecule has 1 amide bonds. The normalized spacial score (nSPS) is 10.7. The first-order valence-electron chi connectivity index (χ1n) is 6.31. The molecule has 1 aromatic heterocycles. The first kappa shape index (κ1) is 15.4. The third kappa shape index (κ3) is 5.65. The average Bonchev–Trinajstić information content (AvgIpc) is 2.36. The van der Waals surface area contributed by atoms with Gasteiger partial charge in [0.1, 0.15) is 11.6 Å². The van der Waals surface area contributed by atoms with Crippen molar-refractivity contribution in [3.63, 3.8) is 0 Å². The van der Waals surface area contributed by atoms with Crippen molar-refractivity contribution >= 4 is 11.7 Å². The summed E-state index contributed by atoms with van der Waals surface area (Å²) in [6.45, 7) is 5.11. The maximum Gasteiger partial charge on any atom is 0.255 e. The molecule has 1 heterocycles. The minimum absolute atomic E-state index is 0.0297. The number of anilines is 1. The van der Waals surface area contributed by atoms with E-state index in [1.165, 1.54) is 0 Å². The Hall–Kier alpha value is -1.69. The molecule has 0 bridgehead atoms. The number of unbranched alkanes of at least 4 members (excludes halogenated alkanes) is 1. The number of nitrogens with zero attached hydrogens (tertiary/aromatic N) is 1. The van der Waals surface area contributed by atoms with Crippen molar-refractivity contribution in [3.8, 4) is 0 Å². The van der Waals surface area contributed by atoms with Gasteiger partial charge in [0.25, 0.3) is 5.91 Å². The van der Waals surface area contributed by atoms with Crippen molar-refractivity contribution < 1.29 is 13.9 Å². The second-order valence-corrected chi connectivity index (χ2v) is 4.47. The monoisotopic (exact) mass is 269 g/mol. The maximum absolute atomic E-state index is 13.0. The largest absolute Gasteiger partial charge is 0.383 e. The summed E-state index contributed by atoms with van der Waals surface area (Å²) in [6.07, 6.45) is 2.85. The molecule has 5 nitrogen and oxygen atoms in total. The minimum Gasteiger partial charge on any atom is -0.383 e. The smallest absolute Gasteiger partial charge is 0.255 e. The van der Waals surface area contributed by atoms with Crippen LogP contribution in [-0.2, 0) is 4.74 Å². The third-order valence-corrected chi connectivity index (χ3v) is 2.44. The van der Waals surface area contributed by atoms with Gasteiger partial charge in [-0.05, 0) is 32.8 Å². The molecule has 0 saturated carbocycles. The maximum atomic E-state index is 13.0. The number of amides is 1. The Labute approximate surface area is 112 Å². The molecule has 19 heavy (non-hydrogen) atoms. The molecule has 6 heteroatoms. The van der Waals surface area contributed by atoms with E-state index in [0.717, 1.165) is 25.1 Å². The molecule has 0 spiro atoms. The quantitative estimate of drug-likeness (QED) is 0.739. The van der Waals surface area contributed by atoms with Crippen LogP contribution in [0.2, 0.25) is 0 Å². The SMILES string of the molecule is CC(C)OCCCCNC(=O)c1cc(F)cnc1N. The van der Waals surface area contributed by atoms with Gasteiger partial charge < -0.3 is 15.8 Å². The van der Waals surface area contributed by atoms with Gasteiger partial charge >= 0.3 is 0 Å². The summed E-state index contributed by atoms with van der Waals surface area (Å²) in [5.41, 5.74) is 5.58. The summed E-state index contributed by atoms with van der Waals surface area (Å²) < 4.78 is 18.3. The van der Waals surface area contributed by atoms with Gasteiger partial charge in [0.2, 0.25) is 0 Å². The summed E-state index contributed by atoms with van der Waals surface area (Å²) in [5, 5.41) is 2.67. The molecule has 0 atom stereocenters. The van der Waals surface area contributed by atoms with Crippen molar-refractivity contribution in [2.24, 2.45) is 0 Å². The lowest BCUT2D eigenvalue weighted by Gasteiger charge is -2.08. The van der Waals surface area contributed by atoms with E-state index in [9.17, 15) is 9.18 Å². The van der Waals surface area contributed by atoms with E-state index in [0.29, 0.717) is 13.2 Å². The van der Waals surface area contributed by atoms with Gasteiger partial charge in [-0.15, -0.1) is 0 Å². The molecular weight excluding hydrogens is 249 g/mol. The fourth-order valence-electron chi connectivity index (χ4n) is 1.47. The van der Waals surface area contributed by atoms with Gasteiger partial charge in [0.15, 0.2) is 0 Å². The molecule has 0 aliphatic carbocycles. The van der Waals surface area contributed by atoms with Gasteiger partial charge in [-0.25, -0.2) is 9.37 Å². The Balaban J connectivity index is 2.29. The lowest BCUT2D eigenvalue weighted by atomic mass is 10.2. The number of rotatable bonds is 7. The highest BCUT2D eigenvalue weighted by molar-refractivity contribution is 5.98. The fourth-order valence-corrected chi connectivity index (χ4v) is 1.47. The number of ether oxygens (including phenoxy) is 1. The number of pyridine rings is 1. The van der Waals surface area contributed by atoms with Crippen LogP contribution in [0, 0.1) is 5.82 Å². The van der Waals surface area contributed by atoms with Gasteiger partial charge in [-0.1, -0.05) is 0 Å². The number of aromatic nitrogens is 1. The van der Waals surface area contributed by atoms with Gasteiger partial charge in [-0.2, -0.15) is 0 Å². The molecule has 3 N–H and O–H groups in total. The first-order valence-corrected chi connectivity index (χ1v) is 6.31. The van der Waals surface area contributed by atoms with Crippen LogP contribution in [0.15, 0.2) is 12.3 Å². The first-order chi connectivity index (χ1) is 9.00. The zero-order valence-electron chi connectivity index (χ0n) is 11.3. The molecule has 0 aromatic carbocycles. The Bertz CT molecular complexity index is 424. The van der Waals surface area contributed by atoms with Crippen molar-refractivity contribution in [3.05, 3.63) is 23.6 Å². The lowest BCUT2D eigenvalue weighted by molar-refractivity contribution is 0.0754. The Morgan fingerprint density at radius 1 is 1.53 bits per heavy atom. The topological polar surface area (TPSA) is 77.2 Å². The fraction of sp³-hybridized carbons (Fsp3) is 0.538. The van der Waals surface area contributed by atoms with E-state index < -0.39 is 11.7 Å². The van der Waals surface area contributed by atoms with Crippen LogP contribution in [0.3, 0.4) is 0 Å².